The maximum atomic E-state index is 5.53. The molecule has 0 aromatic rings. The van der Waals surface area contributed by atoms with Gasteiger partial charge in [0.25, 0.3) is 0 Å². The molecule has 15 heavy (non-hydrogen) atoms. The van der Waals surface area contributed by atoms with Crippen LogP contribution in [0, 0.1) is 17.8 Å². The van der Waals surface area contributed by atoms with Gasteiger partial charge in [-0.25, -0.2) is 0 Å². The minimum atomic E-state index is 0.840. The van der Waals surface area contributed by atoms with E-state index in [2.05, 4.69) is 27.7 Å². The van der Waals surface area contributed by atoms with E-state index in [1.54, 1.807) is 0 Å². The molecule has 0 saturated heterocycles. The summed E-state index contributed by atoms with van der Waals surface area (Å²) in [5.74, 6) is 2.66. The summed E-state index contributed by atoms with van der Waals surface area (Å²) < 4.78 is 0. The normalized spacial score (nSPS) is 15.6. The van der Waals surface area contributed by atoms with Gasteiger partial charge in [-0.3, -0.25) is 0 Å². The van der Waals surface area contributed by atoms with Crippen LogP contribution in [0.25, 0.3) is 0 Å². The molecule has 0 saturated carbocycles. The minimum absolute atomic E-state index is 0.840. The van der Waals surface area contributed by atoms with Gasteiger partial charge >= 0.3 is 0 Å². The van der Waals surface area contributed by atoms with Crippen LogP contribution in [0.1, 0.15) is 66.2 Å². The lowest BCUT2D eigenvalue weighted by atomic mass is 9.84. The van der Waals surface area contributed by atoms with Crippen molar-refractivity contribution in [3.8, 4) is 0 Å². The van der Waals surface area contributed by atoms with E-state index < -0.39 is 0 Å². The summed E-state index contributed by atoms with van der Waals surface area (Å²) in [4.78, 5) is 0. The van der Waals surface area contributed by atoms with E-state index in [9.17, 15) is 0 Å². The first-order chi connectivity index (χ1) is 7.11. The number of hydrogen-bond donors (Lipinski definition) is 1. The van der Waals surface area contributed by atoms with Crippen molar-refractivity contribution in [1.29, 1.82) is 0 Å². The zero-order valence-electron chi connectivity index (χ0n) is 11.3. The van der Waals surface area contributed by atoms with Crippen LogP contribution in [-0.2, 0) is 0 Å². The Morgan fingerprint density at radius 2 is 1.60 bits per heavy atom. The molecule has 0 rings (SSSR count). The van der Waals surface area contributed by atoms with Crippen molar-refractivity contribution in [2.75, 3.05) is 6.54 Å². The fourth-order valence-corrected chi connectivity index (χ4v) is 2.06. The van der Waals surface area contributed by atoms with Crippen LogP contribution in [0.3, 0.4) is 0 Å². The highest BCUT2D eigenvalue weighted by Crippen LogP contribution is 2.25. The molecule has 0 heterocycles. The van der Waals surface area contributed by atoms with Gasteiger partial charge in [-0.2, -0.15) is 0 Å². The van der Waals surface area contributed by atoms with Crippen molar-refractivity contribution in [2.45, 2.75) is 66.2 Å². The van der Waals surface area contributed by atoms with Gasteiger partial charge in [0.2, 0.25) is 0 Å². The van der Waals surface area contributed by atoms with Crippen molar-refractivity contribution in [3.05, 3.63) is 0 Å². The maximum Gasteiger partial charge on any atom is -0.00773 e. The number of unbranched alkanes of at least 4 members (excludes halogenated alkanes) is 1. The first-order valence-electron chi connectivity index (χ1n) is 6.81. The standard InChI is InChI=1S/C14H31N/c1-5-13(4)9-10-14(12(2)3)8-6-7-11-15/h12-14H,5-11,15H2,1-4H3. The van der Waals surface area contributed by atoms with Crippen molar-refractivity contribution in [2.24, 2.45) is 23.5 Å². The van der Waals surface area contributed by atoms with Gasteiger partial charge in [0, 0.05) is 0 Å². The Hall–Kier alpha value is -0.0400. The highest BCUT2D eigenvalue weighted by Gasteiger charge is 2.13. The summed E-state index contributed by atoms with van der Waals surface area (Å²) in [6.07, 6.45) is 8.05. The fraction of sp³-hybridized carbons (Fsp3) is 1.00. The Morgan fingerprint density at radius 1 is 0.933 bits per heavy atom. The summed E-state index contributed by atoms with van der Waals surface area (Å²) in [6.45, 7) is 10.3. The highest BCUT2D eigenvalue weighted by molar-refractivity contribution is 4.65. The molecule has 0 aliphatic heterocycles. The van der Waals surface area contributed by atoms with Crippen LogP contribution in [0.5, 0.6) is 0 Å². The van der Waals surface area contributed by atoms with Gasteiger partial charge in [-0.05, 0) is 37.1 Å². The molecule has 2 N–H and O–H groups in total. The van der Waals surface area contributed by atoms with E-state index in [1.165, 1.54) is 38.5 Å². The van der Waals surface area contributed by atoms with Crippen molar-refractivity contribution >= 4 is 0 Å². The third-order valence-corrected chi connectivity index (χ3v) is 3.70. The van der Waals surface area contributed by atoms with E-state index >= 15 is 0 Å². The highest BCUT2D eigenvalue weighted by atomic mass is 14.5. The molecule has 0 aromatic heterocycles. The lowest BCUT2D eigenvalue weighted by Gasteiger charge is -2.22. The molecule has 0 spiro atoms. The minimum Gasteiger partial charge on any atom is -0.330 e. The van der Waals surface area contributed by atoms with E-state index in [0.29, 0.717) is 0 Å². The summed E-state index contributed by atoms with van der Waals surface area (Å²) >= 11 is 0. The monoisotopic (exact) mass is 213 g/mol. The molecule has 1 heteroatoms. The molecule has 0 aliphatic rings. The lowest BCUT2D eigenvalue weighted by Crippen LogP contribution is -2.11. The smallest absolute Gasteiger partial charge is 0.00773 e. The quantitative estimate of drug-likeness (QED) is 0.570. The first kappa shape index (κ1) is 15.0. The lowest BCUT2D eigenvalue weighted by molar-refractivity contribution is 0.298. The second-order valence-corrected chi connectivity index (χ2v) is 5.38. The zero-order valence-corrected chi connectivity index (χ0v) is 11.3. The molecule has 2 atom stereocenters. The van der Waals surface area contributed by atoms with Gasteiger partial charge in [0.1, 0.15) is 0 Å². The largest absolute Gasteiger partial charge is 0.330 e. The van der Waals surface area contributed by atoms with Gasteiger partial charge in [0.05, 0.1) is 0 Å². The molecular weight excluding hydrogens is 182 g/mol. The molecule has 92 valence electrons. The predicted octanol–water partition coefficient (Wildman–Crippen LogP) is 4.21. The van der Waals surface area contributed by atoms with Crippen molar-refractivity contribution in [3.63, 3.8) is 0 Å². The Labute approximate surface area is 96.8 Å². The predicted molar refractivity (Wildman–Crippen MR) is 69.9 cm³/mol. The zero-order chi connectivity index (χ0) is 11.7. The Balaban J connectivity index is 3.73. The summed E-state index contributed by atoms with van der Waals surface area (Å²) in [5.41, 5.74) is 5.53. The van der Waals surface area contributed by atoms with Gasteiger partial charge in [-0.15, -0.1) is 0 Å². The van der Waals surface area contributed by atoms with Crippen LogP contribution < -0.4 is 5.73 Å². The SMILES string of the molecule is CCC(C)CCC(CCCCN)C(C)C. The first-order valence-corrected chi connectivity index (χ1v) is 6.81. The molecule has 2 unspecified atom stereocenters. The van der Waals surface area contributed by atoms with Gasteiger partial charge in [0.15, 0.2) is 0 Å². The molecule has 1 nitrogen and oxygen atoms in total. The second kappa shape index (κ2) is 9.21. The van der Waals surface area contributed by atoms with Crippen molar-refractivity contribution < 1.29 is 0 Å². The summed E-state index contributed by atoms with van der Waals surface area (Å²) in [5, 5.41) is 0. The second-order valence-electron chi connectivity index (χ2n) is 5.38. The van der Waals surface area contributed by atoms with Crippen LogP contribution in [-0.4, -0.2) is 6.54 Å². The van der Waals surface area contributed by atoms with Crippen LogP contribution in [0.4, 0.5) is 0 Å². The number of hydrogen-bond acceptors (Lipinski definition) is 1. The topological polar surface area (TPSA) is 26.0 Å². The molecular formula is C14H31N. The average molecular weight is 213 g/mol. The molecule has 0 radical (unpaired) electrons. The van der Waals surface area contributed by atoms with Gasteiger partial charge < -0.3 is 5.73 Å². The van der Waals surface area contributed by atoms with Crippen LogP contribution in [0.15, 0.2) is 0 Å². The molecule has 0 bridgehead atoms. The van der Waals surface area contributed by atoms with E-state index in [4.69, 9.17) is 5.73 Å². The van der Waals surface area contributed by atoms with Crippen LogP contribution in [0.2, 0.25) is 0 Å². The average Bonchev–Trinajstić information content (AvgIpc) is 2.22. The number of rotatable bonds is 9. The Bertz CT molecular complexity index is 131. The fourth-order valence-electron chi connectivity index (χ4n) is 2.06. The van der Waals surface area contributed by atoms with E-state index in [1.807, 2.05) is 0 Å². The third kappa shape index (κ3) is 7.84. The number of nitrogens with two attached hydrogens (primary N) is 1. The molecule has 0 amide bonds. The molecule has 0 fully saturated rings. The third-order valence-electron chi connectivity index (χ3n) is 3.70. The van der Waals surface area contributed by atoms with Crippen LogP contribution >= 0.6 is 0 Å². The summed E-state index contributed by atoms with van der Waals surface area (Å²) in [7, 11) is 0. The Kier molecular flexibility index (Phi) is 9.18. The van der Waals surface area contributed by atoms with E-state index in [-0.39, 0.29) is 0 Å². The maximum absolute atomic E-state index is 5.53. The molecule has 0 aliphatic carbocycles. The molecule has 0 aromatic carbocycles. The van der Waals surface area contributed by atoms with Gasteiger partial charge in [-0.1, -0.05) is 53.4 Å². The Morgan fingerprint density at radius 3 is 2.07 bits per heavy atom. The summed E-state index contributed by atoms with van der Waals surface area (Å²) in [6, 6.07) is 0. The van der Waals surface area contributed by atoms with Crippen molar-refractivity contribution in [1.82, 2.24) is 0 Å². The van der Waals surface area contributed by atoms with E-state index in [0.717, 1.165) is 24.3 Å².